The molecule has 0 spiro atoms. The lowest BCUT2D eigenvalue weighted by molar-refractivity contribution is -0.111. The Bertz CT molecular complexity index is 1920. The van der Waals surface area contributed by atoms with Gasteiger partial charge >= 0.3 is 0 Å². The van der Waals surface area contributed by atoms with E-state index in [4.69, 9.17) is 39.2 Å². The number of anilines is 1. The smallest absolute Gasteiger partial charge is 0.273 e. The minimum absolute atomic E-state index is 0.156. The molecule has 1 amide bonds. The monoisotopic (exact) mass is 591 g/mol. The largest absolute Gasteiger partial charge is 0.457 e. The highest BCUT2D eigenvalue weighted by molar-refractivity contribution is 7.07. The highest BCUT2D eigenvalue weighted by Crippen LogP contribution is 2.29. The van der Waals surface area contributed by atoms with Crippen LogP contribution in [-0.2, 0) is 4.79 Å². The first-order valence-corrected chi connectivity index (χ1v) is 13.3. The molecule has 0 aliphatic rings. The number of halogens is 3. The molecule has 5 aromatic rings. The maximum absolute atomic E-state index is 13.6. The van der Waals surface area contributed by atoms with E-state index in [0.29, 0.717) is 43.5 Å². The summed E-state index contributed by atoms with van der Waals surface area (Å²) in [6.07, 6.45) is 1.57. The number of hydrogen-bond acceptors (Lipinski definition) is 5. The zero-order valence-corrected chi connectivity index (χ0v) is 22.9. The highest BCUT2D eigenvalue weighted by Gasteiger charge is 2.18. The van der Waals surface area contributed by atoms with E-state index in [1.165, 1.54) is 22.8 Å². The third kappa shape index (κ3) is 5.70. The van der Waals surface area contributed by atoms with Gasteiger partial charge in [-0.15, -0.1) is 11.3 Å². The van der Waals surface area contributed by atoms with E-state index in [-0.39, 0.29) is 14.8 Å². The third-order valence-electron chi connectivity index (χ3n) is 5.55. The molecule has 0 saturated carbocycles. The van der Waals surface area contributed by atoms with Crippen LogP contribution in [0.4, 0.5) is 5.69 Å². The van der Waals surface area contributed by atoms with Crippen molar-refractivity contribution in [3.63, 3.8) is 0 Å². The Labute approximate surface area is 241 Å². The van der Waals surface area contributed by atoms with Gasteiger partial charge in [0, 0.05) is 27.4 Å². The van der Waals surface area contributed by atoms with Gasteiger partial charge in [0.1, 0.15) is 22.3 Å². The molecule has 1 N–H and O–H groups in total. The topological polar surface area (TPSA) is 88.0 Å². The van der Waals surface area contributed by atoms with Crippen molar-refractivity contribution < 1.29 is 9.21 Å². The zero-order valence-electron chi connectivity index (χ0n) is 19.8. The zero-order chi connectivity index (χ0) is 27.5. The molecule has 2 heterocycles. The van der Waals surface area contributed by atoms with Crippen molar-refractivity contribution in [3.8, 4) is 23.1 Å². The maximum Gasteiger partial charge on any atom is 0.273 e. The predicted octanol–water partition coefficient (Wildman–Crippen LogP) is 6.26. The Balaban J connectivity index is 1.67. The van der Waals surface area contributed by atoms with E-state index in [0.717, 1.165) is 11.3 Å². The number of hydrogen-bond donors (Lipinski definition) is 1. The molecule has 0 aliphatic carbocycles. The second-order valence-corrected chi connectivity index (χ2v) is 10.5. The number of furan rings is 1. The fourth-order valence-corrected chi connectivity index (χ4v) is 5.68. The lowest BCUT2D eigenvalue weighted by Gasteiger charge is -2.06. The summed E-state index contributed by atoms with van der Waals surface area (Å²) in [5, 5.41) is 13.8. The van der Waals surface area contributed by atoms with Crippen LogP contribution in [-0.4, -0.2) is 10.5 Å². The summed E-state index contributed by atoms with van der Waals surface area (Å²) >= 11 is 19.4. The minimum atomic E-state index is -0.715. The fraction of sp³-hybridized carbons (Fsp3) is 0. The number of nitrogens with one attached hydrogen (secondary N) is 1. The molecule has 0 aliphatic heterocycles. The molecule has 192 valence electrons. The van der Waals surface area contributed by atoms with Gasteiger partial charge in [-0.2, -0.15) is 5.26 Å². The Morgan fingerprint density at radius 3 is 2.33 bits per heavy atom. The number of thiazole rings is 1. The van der Waals surface area contributed by atoms with Crippen molar-refractivity contribution in [2.75, 3.05) is 5.32 Å². The second kappa shape index (κ2) is 11.4. The van der Waals surface area contributed by atoms with Gasteiger partial charge in [0.15, 0.2) is 5.57 Å². The Hall–Kier alpha value is -4.06. The predicted molar refractivity (Wildman–Crippen MR) is 156 cm³/mol. The molecular weight excluding hydrogens is 577 g/mol. The molecular formula is C29H16Cl3N3O3S. The van der Waals surface area contributed by atoms with E-state index in [2.05, 4.69) is 5.32 Å². The first-order chi connectivity index (χ1) is 18.8. The van der Waals surface area contributed by atoms with Crippen molar-refractivity contribution in [3.05, 3.63) is 125 Å². The number of amides is 1. The standard InChI is InChI=1S/C29H16Cl3N3O3S/c30-17-12-18(31)14-19(13-17)34-27(36)23(16-33)29-35(20-6-2-1-3-7-20)28(37)26(39-29)15-21-10-11-25(38-21)22-8-4-5-9-24(22)32/h1-15H,(H,34,36)/b26-15+,29-23+. The van der Waals surface area contributed by atoms with Gasteiger partial charge in [0.2, 0.25) is 0 Å². The van der Waals surface area contributed by atoms with Gasteiger partial charge in [0.25, 0.3) is 11.5 Å². The minimum Gasteiger partial charge on any atom is -0.457 e. The van der Waals surface area contributed by atoms with Gasteiger partial charge in [0.05, 0.1) is 15.2 Å². The molecule has 0 saturated heterocycles. The molecule has 0 atom stereocenters. The van der Waals surface area contributed by atoms with Crippen LogP contribution in [0.15, 0.2) is 94.1 Å². The lowest BCUT2D eigenvalue weighted by atomic mass is 10.2. The van der Waals surface area contributed by atoms with Crippen LogP contribution in [0.2, 0.25) is 15.1 Å². The Morgan fingerprint density at radius 2 is 1.64 bits per heavy atom. The van der Waals surface area contributed by atoms with E-state index in [9.17, 15) is 14.9 Å². The van der Waals surface area contributed by atoms with Crippen LogP contribution >= 0.6 is 46.1 Å². The molecule has 0 radical (unpaired) electrons. The average Bonchev–Trinajstić information content (AvgIpc) is 3.49. The summed E-state index contributed by atoms with van der Waals surface area (Å²) in [7, 11) is 0. The molecule has 0 bridgehead atoms. The number of carbonyl (C=O) groups is 1. The van der Waals surface area contributed by atoms with E-state index in [1.807, 2.05) is 24.3 Å². The van der Waals surface area contributed by atoms with Crippen molar-refractivity contribution in [2.24, 2.45) is 0 Å². The molecule has 10 heteroatoms. The van der Waals surface area contributed by atoms with E-state index < -0.39 is 11.5 Å². The number of carbonyl (C=O) groups excluding carboxylic acids is 1. The van der Waals surface area contributed by atoms with Crippen molar-refractivity contribution >= 4 is 69.4 Å². The number of aromatic nitrogens is 1. The normalized spacial score (nSPS) is 12.2. The van der Waals surface area contributed by atoms with Crippen molar-refractivity contribution in [2.45, 2.75) is 0 Å². The average molecular weight is 593 g/mol. The van der Waals surface area contributed by atoms with Crippen LogP contribution in [0.5, 0.6) is 0 Å². The van der Waals surface area contributed by atoms with Gasteiger partial charge in [-0.05, 0) is 54.6 Å². The Kier molecular flexibility index (Phi) is 7.73. The summed E-state index contributed by atoms with van der Waals surface area (Å²) in [6.45, 7) is 0. The first-order valence-electron chi connectivity index (χ1n) is 11.4. The van der Waals surface area contributed by atoms with Crippen LogP contribution in [0.1, 0.15) is 5.76 Å². The van der Waals surface area contributed by atoms with Crippen molar-refractivity contribution in [1.82, 2.24) is 4.57 Å². The van der Waals surface area contributed by atoms with Crippen LogP contribution in [0, 0.1) is 11.3 Å². The molecule has 39 heavy (non-hydrogen) atoms. The van der Waals surface area contributed by atoms with Gasteiger partial charge < -0.3 is 9.73 Å². The Morgan fingerprint density at radius 1 is 0.949 bits per heavy atom. The van der Waals surface area contributed by atoms with Gasteiger partial charge in [-0.1, -0.05) is 65.1 Å². The van der Waals surface area contributed by atoms with Gasteiger partial charge in [-0.3, -0.25) is 14.2 Å². The van der Waals surface area contributed by atoms with Crippen molar-refractivity contribution in [1.29, 1.82) is 5.26 Å². The number of para-hydroxylation sites is 1. The first kappa shape index (κ1) is 26.5. The van der Waals surface area contributed by atoms with E-state index >= 15 is 0 Å². The molecule has 5 rings (SSSR count). The molecule has 3 aromatic carbocycles. The van der Waals surface area contributed by atoms with E-state index in [1.54, 1.807) is 54.6 Å². The molecule has 0 fully saturated rings. The highest BCUT2D eigenvalue weighted by atomic mass is 35.5. The van der Waals surface area contributed by atoms with Crippen LogP contribution in [0.3, 0.4) is 0 Å². The van der Waals surface area contributed by atoms with Crippen LogP contribution in [0.25, 0.3) is 28.7 Å². The number of nitriles is 1. The number of benzene rings is 3. The SMILES string of the molecule is N#C/C(C(=O)Nc1cc(Cl)cc(Cl)c1)=c1\s/c(=C/c2ccc(-c3ccccc3Cl)o2)c(=O)n1-c1ccccc1. The number of rotatable bonds is 5. The summed E-state index contributed by atoms with van der Waals surface area (Å²) in [5.74, 6) is 0.231. The number of nitrogens with zero attached hydrogens (tertiary/aromatic N) is 2. The summed E-state index contributed by atoms with van der Waals surface area (Å²) in [5.41, 5.74) is 0.849. The molecule has 6 nitrogen and oxygen atoms in total. The van der Waals surface area contributed by atoms with Crippen LogP contribution < -0.4 is 20.1 Å². The second-order valence-electron chi connectivity index (χ2n) is 8.17. The third-order valence-corrected chi connectivity index (χ3v) is 7.41. The summed E-state index contributed by atoms with van der Waals surface area (Å²) in [6, 6.07) is 26.0. The summed E-state index contributed by atoms with van der Waals surface area (Å²) < 4.78 is 7.69. The lowest BCUT2D eigenvalue weighted by Crippen LogP contribution is -2.32. The molecule has 2 aromatic heterocycles. The van der Waals surface area contributed by atoms with Gasteiger partial charge in [-0.25, -0.2) is 0 Å². The fourth-order valence-electron chi connectivity index (χ4n) is 3.84. The molecule has 0 unspecified atom stereocenters. The maximum atomic E-state index is 13.6. The quantitative estimate of drug-likeness (QED) is 0.261. The summed E-state index contributed by atoms with van der Waals surface area (Å²) in [4.78, 5) is 26.8.